The zero-order valence-electron chi connectivity index (χ0n) is 15.6. The number of amides is 2. The van der Waals surface area contributed by atoms with Crippen LogP contribution in [0.5, 0.6) is 0 Å². The minimum Gasteiger partial charge on any atom is -0.369 e. The molecular weight excluding hydrogens is 377 g/mol. The molecule has 0 spiro atoms. The Balaban J connectivity index is 1.59. The van der Waals surface area contributed by atoms with Gasteiger partial charge < -0.3 is 11.1 Å². The lowest BCUT2D eigenvalue weighted by Gasteiger charge is -2.31. The summed E-state index contributed by atoms with van der Waals surface area (Å²) in [7, 11) is 0. The number of nitrogens with one attached hydrogen (secondary N) is 1. The minimum atomic E-state index is -0.324. The van der Waals surface area contributed by atoms with Crippen molar-refractivity contribution in [3.05, 3.63) is 59.9 Å². The molecule has 2 aromatic rings. The van der Waals surface area contributed by atoms with E-state index in [9.17, 15) is 14.0 Å². The molecule has 1 unspecified atom stereocenters. The van der Waals surface area contributed by atoms with E-state index in [4.69, 9.17) is 5.73 Å². The Hall–Kier alpha value is -2.38. The minimum absolute atomic E-state index is 0.118. The molecule has 0 radical (unpaired) electrons. The summed E-state index contributed by atoms with van der Waals surface area (Å²) in [5.74, 6) is -0.754. The number of piperidine rings is 1. The van der Waals surface area contributed by atoms with Crippen molar-refractivity contribution < 1.29 is 14.0 Å². The van der Waals surface area contributed by atoms with Crippen LogP contribution in [0.15, 0.2) is 53.4 Å². The van der Waals surface area contributed by atoms with Crippen LogP contribution in [-0.2, 0) is 16.1 Å². The van der Waals surface area contributed by atoms with Crippen LogP contribution in [0.3, 0.4) is 0 Å². The fourth-order valence-electron chi connectivity index (χ4n) is 3.34. The molecule has 1 heterocycles. The summed E-state index contributed by atoms with van der Waals surface area (Å²) < 4.78 is 13.7. The van der Waals surface area contributed by atoms with Crippen LogP contribution in [0.4, 0.5) is 10.1 Å². The van der Waals surface area contributed by atoms with Gasteiger partial charge >= 0.3 is 0 Å². The second kappa shape index (κ2) is 9.71. The van der Waals surface area contributed by atoms with Gasteiger partial charge in [-0.05, 0) is 43.1 Å². The van der Waals surface area contributed by atoms with Gasteiger partial charge in [-0.2, -0.15) is 0 Å². The summed E-state index contributed by atoms with van der Waals surface area (Å²) in [6.45, 7) is 2.18. The van der Waals surface area contributed by atoms with E-state index in [1.165, 1.54) is 17.8 Å². The highest BCUT2D eigenvalue weighted by atomic mass is 32.2. The Kier molecular flexibility index (Phi) is 7.06. The molecule has 148 valence electrons. The Morgan fingerprint density at radius 2 is 1.93 bits per heavy atom. The molecule has 2 amide bonds. The summed E-state index contributed by atoms with van der Waals surface area (Å²) >= 11 is 1.17. The number of thioether (sulfide) groups is 1. The van der Waals surface area contributed by atoms with E-state index >= 15 is 0 Å². The van der Waals surface area contributed by atoms with E-state index in [0.717, 1.165) is 30.6 Å². The van der Waals surface area contributed by atoms with Gasteiger partial charge in [-0.25, -0.2) is 4.39 Å². The third-order valence-corrected chi connectivity index (χ3v) is 5.84. The second-order valence-corrected chi connectivity index (χ2v) is 7.92. The number of carbonyl (C=O) groups is 2. The predicted octanol–water partition coefficient (Wildman–Crippen LogP) is 3.25. The van der Waals surface area contributed by atoms with Crippen molar-refractivity contribution in [1.82, 2.24) is 4.90 Å². The summed E-state index contributed by atoms with van der Waals surface area (Å²) in [6.07, 6.45) is 1.76. The molecule has 1 aliphatic rings. The largest absolute Gasteiger partial charge is 0.369 e. The topological polar surface area (TPSA) is 75.4 Å². The average Bonchev–Trinajstić information content (AvgIpc) is 2.69. The summed E-state index contributed by atoms with van der Waals surface area (Å²) in [4.78, 5) is 26.5. The Morgan fingerprint density at radius 3 is 2.71 bits per heavy atom. The van der Waals surface area contributed by atoms with Crippen molar-refractivity contribution in [3.8, 4) is 0 Å². The highest BCUT2D eigenvalue weighted by Gasteiger charge is 2.24. The number of carbonyl (C=O) groups excluding carboxylic acids is 2. The van der Waals surface area contributed by atoms with Crippen LogP contribution in [0, 0.1) is 11.7 Å². The van der Waals surface area contributed by atoms with Crippen molar-refractivity contribution in [2.45, 2.75) is 24.3 Å². The third-order valence-electron chi connectivity index (χ3n) is 4.79. The van der Waals surface area contributed by atoms with Gasteiger partial charge in [-0.1, -0.05) is 30.3 Å². The first-order valence-corrected chi connectivity index (χ1v) is 10.3. The zero-order valence-corrected chi connectivity index (χ0v) is 16.4. The maximum atomic E-state index is 13.7. The maximum Gasteiger partial charge on any atom is 0.234 e. The molecule has 0 bridgehead atoms. The molecule has 1 saturated heterocycles. The van der Waals surface area contributed by atoms with Crippen LogP contribution < -0.4 is 11.1 Å². The van der Waals surface area contributed by atoms with Gasteiger partial charge in [-0.3, -0.25) is 14.5 Å². The maximum absolute atomic E-state index is 13.7. The Labute approximate surface area is 168 Å². The van der Waals surface area contributed by atoms with E-state index in [1.807, 2.05) is 24.3 Å². The molecule has 0 aromatic heterocycles. The number of hydrogen-bond acceptors (Lipinski definition) is 4. The number of likely N-dealkylation sites (tertiary alicyclic amines) is 1. The molecule has 3 N–H and O–H groups in total. The predicted molar refractivity (Wildman–Crippen MR) is 109 cm³/mol. The first-order valence-electron chi connectivity index (χ1n) is 9.29. The highest BCUT2D eigenvalue weighted by molar-refractivity contribution is 8.00. The number of rotatable bonds is 7. The van der Waals surface area contributed by atoms with E-state index in [-0.39, 0.29) is 29.3 Å². The van der Waals surface area contributed by atoms with Crippen molar-refractivity contribution in [1.29, 1.82) is 0 Å². The molecule has 1 aliphatic heterocycles. The molecule has 28 heavy (non-hydrogen) atoms. The first kappa shape index (κ1) is 20.4. The Morgan fingerprint density at radius 1 is 1.18 bits per heavy atom. The van der Waals surface area contributed by atoms with Gasteiger partial charge in [0.2, 0.25) is 11.8 Å². The molecule has 0 saturated carbocycles. The molecule has 2 aromatic carbocycles. The summed E-state index contributed by atoms with van der Waals surface area (Å²) in [5.41, 5.74) is 7.18. The third kappa shape index (κ3) is 5.56. The van der Waals surface area contributed by atoms with Crippen molar-refractivity contribution in [2.24, 2.45) is 11.7 Å². The standard InChI is InChI=1S/C21H24FN3O2S/c22-17-8-2-4-10-19(17)28-14-20(26)24-18-9-3-1-6-15(18)12-25-11-5-7-16(13-25)21(23)27/h1-4,6,8-10,16H,5,7,11-14H2,(H2,23,27)(H,24,26). The fourth-order valence-corrected chi connectivity index (χ4v) is 4.08. The Bertz CT molecular complexity index is 846. The number of hydrogen-bond donors (Lipinski definition) is 2. The van der Waals surface area contributed by atoms with Gasteiger partial charge in [0, 0.05) is 23.7 Å². The molecule has 1 atom stereocenters. The summed E-state index contributed by atoms with van der Waals surface area (Å²) in [5, 5.41) is 2.92. The van der Waals surface area contributed by atoms with Gasteiger partial charge in [0.25, 0.3) is 0 Å². The lowest BCUT2D eigenvalue weighted by Crippen LogP contribution is -2.40. The van der Waals surface area contributed by atoms with Gasteiger partial charge in [0.15, 0.2) is 0 Å². The molecule has 7 heteroatoms. The number of benzene rings is 2. The number of anilines is 1. The van der Waals surface area contributed by atoms with Crippen LogP contribution in [-0.4, -0.2) is 35.6 Å². The van der Waals surface area contributed by atoms with Crippen molar-refractivity contribution in [3.63, 3.8) is 0 Å². The first-order chi connectivity index (χ1) is 13.5. The number of halogens is 1. The highest BCUT2D eigenvalue weighted by Crippen LogP contribution is 2.24. The molecule has 1 fully saturated rings. The van der Waals surface area contributed by atoms with Crippen LogP contribution in [0.1, 0.15) is 18.4 Å². The normalized spacial score (nSPS) is 17.2. The monoisotopic (exact) mass is 401 g/mol. The van der Waals surface area contributed by atoms with Crippen LogP contribution in [0.2, 0.25) is 0 Å². The smallest absolute Gasteiger partial charge is 0.234 e. The van der Waals surface area contributed by atoms with E-state index in [0.29, 0.717) is 18.0 Å². The quantitative estimate of drug-likeness (QED) is 0.699. The second-order valence-electron chi connectivity index (χ2n) is 6.90. The van der Waals surface area contributed by atoms with Gasteiger partial charge in [0.1, 0.15) is 5.82 Å². The van der Waals surface area contributed by atoms with E-state index in [2.05, 4.69) is 10.2 Å². The number of nitrogens with zero attached hydrogens (tertiary/aromatic N) is 1. The van der Waals surface area contributed by atoms with Gasteiger partial charge in [0.05, 0.1) is 11.7 Å². The number of nitrogens with two attached hydrogens (primary N) is 1. The molecular formula is C21H24FN3O2S. The molecule has 5 nitrogen and oxygen atoms in total. The fraction of sp³-hybridized carbons (Fsp3) is 0.333. The van der Waals surface area contributed by atoms with Crippen molar-refractivity contribution in [2.75, 3.05) is 24.2 Å². The van der Waals surface area contributed by atoms with Crippen LogP contribution >= 0.6 is 11.8 Å². The number of primary amides is 1. The van der Waals surface area contributed by atoms with Gasteiger partial charge in [-0.15, -0.1) is 11.8 Å². The SMILES string of the molecule is NC(=O)C1CCCN(Cc2ccccc2NC(=O)CSc2ccccc2F)C1. The average molecular weight is 402 g/mol. The zero-order chi connectivity index (χ0) is 19.9. The lowest BCUT2D eigenvalue weighted by atomic mass is 9.97. The molecule has 3 rings (SSSR count). The van der Waals surface area contributed by atoms with E-state index in [1.54, 1.807) is 18.2 Å². The number of para-hydroxylation sites is 1. The summed E-state index contributed by atoms with van der Waals surface area (Å²) in [6, 6.07) is 14.0. The van der Waals surface area contributed by atoms with Crippen LogP contribution in [0.25, 0.3) is 0 Å². The van der Waals surface area contributed by atoms with E-state index < -0.39 is 0 Å². The molecule has 0 aliphatic carbocycles. The lowest BCUT2D eigenvalue weighted by molar-refractivity contribution is -0.123. The van der Waals surface area contributed by atoms with Crippen molar-refractivity contribution >= 4 is 29.3 Å².